The summed E-state index contributed by atoms with van der Waals surface area (Å²) >= 11 is 0. The van der Waals surface area contributed by atoms with Crippen molar-refractivity contribution in [3.8, 4) is 0 Å². The highest BCUT2D eigenvalue weighted by molar-refractivity contribution is 5.22. The van der Waals surface area contributed by atoms with Crippen LogP contribution >= 0.6 is 0 Å². The molecular formula is C38H60F8N8. The lowest BCUT2D eigenvalue weighted by molar-refractivity contribution is -0.142. The lowest BCUT2D eigenvalue weighted by Crippen LogP contribution is -2.17. The van der Waals surface area contributed by atoms with Crippen molar-refractivity contribution in [1.29, 1.82) is 0 Å². The molecule has 54 heavy (non-hydrogen) atoms. The van der Waals surface area contributed by atoms with E-state index in [2.05, 4.69) is 47.2 Å². The van der Waals surface area contributed by atoms with Crippen LogP contribution in [0.15, 0.2) is 24.3 Å². The molecule has 8 nitrogen and oxygen atoms in total. The first-order valence-electron chi connectivity index (χ1n) is 17.5. The zero-order chi connectivity index (χ0) is 42.8. The van der Waals surface area contributed by atoms with Crippen molar-refractivity contribution < 1.29 is 35.1 Å². The van der Waals surface area contributed by atoms with Gasteiger partial charge in [-0.3, -0.25) is 18.7 Å². The lowest BCUT2D eigenvalue weighted by atomic mass is 9.92. The summed E-state index contributed by atoms with van der Waals surface area (Å²) in [6.45, 7) is 28.8. The molecule has 16 heteroatoms. The summed E-state index contributed by atoms with van der Waals surface area (Å²) in [6, 6.07) is 5.84. The summed E-state index contributed by atoms with van der Waals surface area (Å²) in [7, 11) is 5.06. The maximum Gasteiger partial charge on any atom is 0.435 e. The average Bonchev–Trinajstić information content (AvgIpc) is 3.71. The SMILES string of the molecule is CCn1nc(C(F)(F)F)cc1C(C)(C)C.Cc1cc(C(C)(C)C)n(C)n1.Cn1nc(C(C)(C)C)cc1C(C)(F)F.Cn1nc(C(F)(F)F)cc1C(C)(C)C. The molecule has 0 radical (unpaired) electrons. The third kappa shape index (κ3) is 13.8. The molecule has 0 unspecified atom stereocenters. The minimum Gasteiger partial charge on any atom is -0.272 e. The smallest absolute Gasteiger partial charge is 0.272 e. The van der Waals surface area contributed by atoms with Gasteiger partial charge in [0.25, 0.3) is 5.92 Å². The molecule has 0 aliphatic heterocycles. The molecule has 0 spiro atoms. The van der Waals surface area contributed by atoms with Crippen molar-refractivity contribution in [2.45, 2.75) is 150 Å². The van der Waals surface area contributed by atoms with E-state index in [0.717, 1.165) is 24.8 Å². The highest BCUT2D eigenvalue weighted by Gasteiger charge is 2.37. The zero-order valence-corrected chi connectivity index (χ0v) is 35.1. The van der Waals surface area contributed by atoms with Crippen LogP contribution in [0.5, 0.6) is 0 Å². The van der Waals surface area contributed by atoms with E-state index in [9.17, 15) is 35.1 Å². The number of alkyl halides is 8. The average molecular weight is 781 g/mol. The largest absolute Gasteiger partial charge is 0.435 e. The van der Waals surface area contributed by atoms with E-state index in [1.54, 1.807) is 14.0 Å². The molecule has 4 aromatic rings. The van der Waals surface area contributed by atoms with Crippen molar-refractivity contribution in [3.63, 3.8) is 0 Å². The number of hydrogen-bond acceptors (Lipinski definition) is 4. The van der Waals surface area contributed by atoms with E-state index in [4.69, 9.17) is 0 Å². The highest BCUT2D eigenvalue weighted by Crippen LogP contribution is 2.34. The van der Waals surface area contributed by atoms with Gasteiger partial charge in [0, 0.05) is 73.4 Å². The normalized spacial score (nSPS) is 13.1. The third-order valence-corrected chi connectivity index (χ3v) is 7.95. The standard InChI is InChI=1S/C10H15F3N2.C10H16F2N2.C9H13F3N2.C9H16N2/c1-5-15-8(9(2,3)4)6-7(14-15)10(11,12)13;1-9(2,3)7-6-8(10(4,11)12)14(5)13-7;1-8(2,3)7-5-6(9(10,11)12)13-14(7)4;1-7-6-8(9(2,3)4)11(5)10-7/h6H,5H2,1-4H3;6H,1-5H3;5H,1-4H3;6H,1-5H3. The number of aryl methyl sites for hydroxylation is 5. The fourth-order valence-corrected chi connectivity index (χ4v) is 5.26. The van der Waals surface area contributed by atoms with Crippen LogP contribution in [0.2, 0.25) is 0 Å². The van der Waals surface area contributed by atoms with Gasteiger partial charge in [-0.25, -0.2) is 0 Å². The quantitative estimate of drug-likeness (QED) is 0.190. The van der Waals surface area contributed by atoms with Crippen LogP contribution in [0.3, 0.4) is 0 Å². The van der Waals surface area contributed by atoms with Gasteiger partial charge in [0.05, 0.1) is 11.4 Å². The molecule has 0 aromatic carbocycles. The fraction of sp³-hybridized carbons (Fsp3) is 0.684. The van der Waals surface area contributed by atoms with Crippen LogP contribution in [-0.2, 0) is 67.6 Å². The van der Waals surface area contributed by atoms with Gasteiger partial charge < -0.3 is 0 Å². The molecule has 0 amide bonds. The first-order valence-corrected chi connectivity index (χ1v) is 17.5. The van der Waals surface area contributed by atoms with Crippen LogP contribution in [0.4, 0.5) is 35.1 Å². The molecule has 0 fully saturated rings. The topological polar surface area (TPSA) is 71.3 Å². The summed E-state index contributed by atoms with van der Waals surface area (Å²) < 4.78 is 106. The maximum atomic E-state index is 13.1. The first kappa shape index (κ1) is 48.3. The van der Waals surface area contributed by atoms with Crippen molar-refractivity contribution in [2.75, 3.05) is 0 Å². The van der Waals surface area contributed by atoms with Crippen molar-refractivity contribution in [2.24, 2.45) is 21.1 Å². The van der Waals surface area contributed by atoms with E-state index in [-0.39, 0.29) is 27.4 Å². The Labute approximate surface area is 315 Å². The molecule has 4 rings (SSSR count). The second kappa shape index (κ2) is 16.6. The fourth-order valence-electron chi connectivity index (χ4n) is 5.26. The maximum absolute atomic E-state index is 13.1. The van der Waals surface area contributed by atoms with Gasteiger partial charge in [-0.05, 0) is 38.1 Å². The number of halogens is 8. The van der Waals surface area contributed by atoms with Gasteiger partial charge in [-0.2, -0.15) is 55.5 Å². The number of hydrogen-bond donors (Lipinski definition) is 0. The van der Waals surface area contributed by atoms with Gasteiger partial charge in [0.2, 0.25) is 0 Å². The Bertz CT molecular complexity index is 1720. The Kier molecular flexibility index (Phi) is 14.8. The number of nitrogens with zero attached hydrogens (tertiary/aromatic N) is 8. The molecule has 308 valence electrons. The van der Waals surface area contributed by atoms with E-state index in [0.29, 0.717) is 23.6 Å². The van der Waals surface area contributed by atoms with E-state index < -0.39 is 29.7 Å². The predicted molar refractivity (Wildman–Crippen MR) is 197 cm³/mol. The Hall–Kier alpha value is -3.72. The molecule has 4 heterocycles. The van der Waals surface area contributed by atoms with Crippen LogP contribution < -0.4 is 0 Å². The van der Waals surface area contributed by atoms with Crippen LogP contribution in [0.25, 0.3) is 0 Å². The summed E-state index contributed by atoms with van der Waals surface area (Å²) in [5.41, 5.74) is 1.93. The van der Waals surface area contributed by atoms with E-state index in [1.165, 1.54) is 32.9 Å². The van der Waals surface area contributed by atoms with Crippen LogP contribution in [0, 0.1) is 6.92 Å². The number of aromatic nitrogens is 8. The van der Waals surface area contributed by atoms with Gasteiger partial charge in [0.1, 0.15) is 5.69 Å². The summed E-state index contributed by atoms with van der Waals surface area (Å²) in [6.07, 6.45) is -8.72. The minimum atomic E-state index is -4.36. The summed E-state index contributed by atoms with van der Waals surface area (Å²) in [5, 5.41) is 15.4. The Balaban J connectivity index is 0.000000362. The Morgan fingerprint density at radius 3 is 1.00 bits per heavy atom. The van der Waals surface area contributed by atoms with Gasteiger partial charge >= 0.3 is 12.4 Å². The Morgan fingerprint density at radius 2 is 0.778 bits per heavy atom. The highest BCUT2D eigenvalue weighted by atomic mass is 19.4. The Morgan fingerprint density at radius 1 is 0.444 bits per heavy atom. The summed E-state index contributed by atoms with van der Waals surface area (Å²) in [4.78, 5) is 0. The zero-order valence-electron chi connectivity index (χ0n) is 35.1. The van der Waals surface area contributed by atoms with Crippen molar-refractivity contribution in [1.82, 2.24) is 39.1 Å². The van der Waals surface area contributed by atoms with E-state index >= 15 is 0 Å². The molecule has 0 saturated heterocycles. The molecule has 0 aliphatic carbocycles. The monoisotopic (exact) mass is 780 g/mol. The molecule has 0 aliphatic rings. The molecule has 0 bridgehead atoms. The van der Waals surface area contributed by atoms with Crippen molar-refractivity contribution in [3.05, 3.63) is 69.8 Å². The van der Waals surface area contributed by atoms with Gasteiger partial charge in [-0.1, -0.05) is 83.1 Å². The second-order valence-electron chi connectivity index (χ2n) is 17.5. The second-order valence-corrected chi connectivity index (χ2v) is 17.5. The molecule has 0 saturated carbocycles. The van der Waals surface area contributed by atoms with Gasteiger partial charge in [-0.15, -0.1) is 0 Å². The first-order chi connectivity index (χ1) is 23.8. The van der Waals surface area contributed by atoms with E-state index in [1.807, 2.05) is 81.0 Å². The number of rotatable bonds is 2. The molecule has 0 N–H and O–H groups in total. The third-order valence-electron chi connectivity index (χ3n) is 7.95. The van der Waals surface area contributed by atoms with Gasteiger partial charge in [0.15, 0.2) is 11.4 Å². The van der Waals surface area contributed by atoms with Crippen molar-refractivity contribution >= 4 is 0 Å². The summed E-state index contributed by atoms with van der Waals surface area (Å²) in [5.74, 6) is -2.83. The molecule has 0 atom stereocenters. The molecular weight excluding hydrogens is 720 g/mol. The van der Waals surface area contributed by atoms with Crippen LogP contribution in [-0.4, -0.2) is 39.1 Å². The molecule has 4 aromatic heterocycles. The predicted octanol–water partition coefficient (Wildman–Crippen LogP) is 10.8. The lowest BCUT2D eigenvalue weighted by Gasteiger charge is -2.19. The van der Waals surface area contributed by atoms with Crippen LogP contribution in [0.1, 0.15) is 142 Å². The minimum absolute atomic E-state index is 0.0394.